The van der Waals surface area contributed by atoms with E-state index in [9.17, 15) is 0 Å². The Kier molecular flexibility index (Phi) is 9.69. The third kappa shape index (κ3) is 7.36. The molecule has 1 radical (unpaired) electrons. The minimum atomic E-state index is 0. The molecule has 0 saturated heterocycles. The molecule has 4 heteroatoms. The van der Waals surface area contributed by atoms with Crippen molar-refractivity contribution in [3.05, 3.63) is 69.3 Å². The average Bonchev–Trinajstić information content (AvgIpc) is 2.83. The maximum atomic E-state index is 5.63. The minimum absolute atomic E-state index is 0. The third-order valence-corrected chi connectivity index (χ3v) is 10.5. The van der Waals surface area contributed by atoms with Crippen molar-refractivity contribution in [1.82, 2.24) is 5.32 Å². The van der Waals surface area contributed by atoms with Gasteiger partial charge in [0, 0.05) is 12.1 Å². The molecular weight excluding hydrogens is 550 g/mol. The van der Waals surface area contributed by atoms with Crippen molar-refractivity contribution < 1.29 is 17.1 Å². The van der Waals surface area contributed by atoms with Crippen LogP contribution in [0.25, 0.3) is 10.6 Å². The van der Waals surface area contributed by atoms with Gasteiger partial charge >= 0.3 is 17.1 Å². The Hall–Kier alpha value is -1.48. The van der Waals surface area contributed by atoms with Crippen LogP contribution in [0.4, 0.5) is 11.4 Å². The van der Waals surface area contributed by atoms with Crippen LogP contribution in [0.15, 0.2) is 36.4 Å². The van der Waals surface area contributed by atoms with Crippen molar-refractivity contribution in [2.45, 2.75) is 131 Å². The predicted octanol–water partition coefficient (Wildman–Crippen LogP) is 10.6. The molecule has 2 aromatic carbocycles. The van der Waals surface area contributed by atoms with Crippen LogP contribution in [0.1, 0.15) is 109 Å². The van der Waals surface area contributed by atoms with E-state index in [0.717, 1.165) is 36.4 Å². The fourth-order valence-electron chi connectivity index (χ4n) is 8.39. The van der Waals surface area contributed by atoms with E-state index >= 15 is 0 Å². The van der Waals surface area contributed by atoms with Gasteiger partial charge in [-0.1, -0.05) is 112 Å². The third-order valence-electron chi connectivity index (χ3n) is 10.5. The molecule has 0 amide bonds. The number of hydrogen-bond donors (Lipinski definition) is 1. The van der Waals surface area contributed by atoms with Crippen molar-refractivity contribution in [3.63, 3.8) is 0 Å². The summed E-state index contributed by atoms with van der Waals surface area (Å²) < 4.78 is 0. The van der Waals surface area contributed by atoms with E-state index in [1.54, 1.807) is 0 Å². The van der Waals surface area contributed by atoms with Gasteiger partial charge in [-0.15, -0.1) is 23.5 Å². The summed E-state index contributed by atoms with van der Waals surface area (Å²) in [5.41, 5.74) is 7.98. The normalized spacial score (nSPS) is 26.8. The first-order valence-corrected chi connectivity index (χ1v) is 16.0. The molecule has 4 aliphatic carbocycles. The summed E-state index contributed by atoms with van der Waals surface area (Å²) >= 11 is 0. The zero-order chi connectivity index (χ0) is 28.9. The topological polar surface area (TPSA) is 40.2 Å². The first-order valence-electron chi connectivity index (χ1n) is 16.0. The number of rotatable bonds is 9. The molecule has 4 aliphatic rings. The molecule has 2 unspecified atom stereocenters. The molecule has 3 nitrogen and oxygen atoms in total. The Morgan fingerprint density at radius 1 is 0.707 bits per heavy atom. The molecule has 4 bridgehead atoms. The van der Waals surface area contributed by atoms with E-state index in [0.29, 0.717) is 5.54 Å². The first-order chi connectivity index (χ1) is 18.7. The monoisotopic (exact) mass is 604 g/mol. The fraction of sp³-hybridized carbons (Fsp3) is 0.676. The second-order valence-corrected chi connectivity index (χ2v) is 16.1. The van der Waals surface area contributed by atoms with E-state index in [1.807, 2.05) is 0 Å². The van der Waals surface area contributed by atoms with E-state index < -0.39 is 0 Å². The van der Waals surface area contributed by atoms with E-state index in [1.165, 1.54) is 66.5 Å². The maximum Gasteiger partial charge on any atom is 2.00 e. The smallest absolute Gasteiger partial charge is 0.681 e. The van der Waals surface area contributed by atoms with Gasteiger partial charge < -0.3 is 16.0 Å². The van der Waals surface area contributed by atoms with Gasteiger partial charge in [0.25, 0.3) is 0 Å². The SMILES string of the molecule is Cc1cccc(C)c1[N-]C(CC([N-]c1c(C)cccc1CNC12CC3CC(CC(C3)C1)C2)C(C)(C)C)C(C)(C)C.[Cu+2]. The number of benzene rings is 2. The molecule has 6 rings (SSSR count). The van der Waals surface area contributed by atoms with Gasteiger partial charge in [0.05, 0.1) is 0 Å². The molecule has 2 aromatic rings. The van der Waals surface area contributed by atoms with E-state index in [-0.39, 0.29) is 40.0 Å². The van der Waals surface area contributed by atoms with Crippen LogP contribution >= 0.6 is 0 Å². The average molecular weight is 605 g/mol. The number of para-hydroxylation sites is 2. The van der Waals surface area contributed by atoms with Crippen molar-refractivity contribution in [2.75, 3.05) is 0 Å². The van der Waals surface area contributed by atoms with Crippen molar-refractivity contribution in [3.8, 4) is 0 Å². The molecule has 0 aromatic heterocycles. The standard InChI is InChI=1S/C37H55N3.Cu/c1-24-12-10-13-25(2)33(24)39-31(35(4,5)6)19-32(36(7,8)9)40-34-26(3)14-11-15-30(34)23-38-37-20-27-16-28(21-37)18-29(17-27)22-37;/h10-15,27-29,31-32,38H,16-23H2,1-9H3;/q-2;+2. The summed E-state index contributed by atoms with van der Waals surface area (Å²) in [5, 5.41) is 15.2. The van der Waals surface area contributed by atoms with Gasteiger partial charge in [-0.05, 0) is 82.6 Å². The maximum absolute atomic E-state index is 5.63. The fourth-order valence-corrected chi connectivity index (χ4v) is 8.39. The second kappa shape index (κ2) is 12.3. The van der Waals surface area contributed by atoms with Gasteiger partial charge in [0.1, 0.15) is 0 Å². The van der Waals surface area contributed by atoms with Gasteiger partial charge in [-0.2, -0.15) is 0 Å². The molecule has 0 spiro atoms. The van der Waals surface area contributed by atoms with Crippen LogP contribution in [0.5, 0.6) is 0 Å². The minimum Gasteiger partial charge on any atom is -0.681 e. The van der Waals surface area contributed by atoms with Crippen molar-refractivity contribution in [2.24, 2.45) is 28.6 Å². The van der Waals surface area contributed by atoms with Crippen LogP contribution in [-0.2, 0) is 23.6 Å². The van der Waals surface area contributed by atoms with E-state index in [2.05, 4.69) is 104 Å². The quantitative estimate of drug-likeness (QED) is 0.284. The molecule has 2 atom stereocenters. The second-order valence-electron chi connectivity index (χ2n) is 16.1. The van der Waals surface area contributed by atoms with Gasteiger partial charge in [0.15, 0.2) is 0 Å². The number of aryl methyl sites for hydroxylation is 3. The van der Waals surface area contributed by atoms with Crippen LogP contribution in [0.2, 0.25) is 0 Å². The number of nitrogens with zero attached hydrogens (tertiary/aromatic N) is 2. The summed E-state index contributed by atoms with van der Waals surface area (Å²) in [6.45, 7) is 21.6. The zero-order valence-corrected chi connectivity index (χ0v) is 28.1. The zero-order valence-electron chi connectivity index (χ0n) is 27.2. The summed E-state index contributed by atoms with van der Waals surface area (Å²) in [6.07, 6.45) is 9.56. The van der Waals surface area contributed by atoms with Crippen molar-refractivity contribution in [1.29, 1.82) is 0 Å². The largest absolute Gasteiger partial charge is 2.00 e. The molecular formula is C37H55CuN3. The van der Waals surface area contributed by atoms with Crippen LogP contribution in [0.3, 0.4) is 0 Å². The van der Waals surface area contributed by atoms with Crippen LogP contribution in [-0.4, -0.2) is 17.6 Å². The van der Waals surface area contributed by atoms with Crippen LogP contribution in [0, 0.1) is 49.4 Å². The molecule has 1 N–H and O–H groups in total. The van der Waals surface area contributed by atoms with Gasteiger partial charge in [-0.3, -0.25) is 0 Å². The predicted molar refractivity (Wildman–Crippen MR) is 172 cm³/mol. The Morgan fingerprint density at radius 2 is 1.12 bits per heavy atom. The Bertz CT molecular complexity index is 1130. The summed E-state index contributed by atoms with van der Waals surface area (Å²) in [6, 6.07) is 13.7. The Balaban J connectivity index is 0.00000387. The molecule has 0 aliphatic heterocycles. The summed E-state index contributed by atoms with van der Waals surface area (Å²) in [7, 11) is 0. The molecule has 0 heterocycles. The Labute approximate surface area is 262 Å². The molecule has 4 fully saturated rings. The molecule has 229 valence electrons. The van der Waals surface area contributed by atoms with Gasteiger partial charge in [0.2, 0.25) is 0 Å². The van der Waals surface area contributed by atoms with Gasteiger partial charge in [-0.25, -0.2) is 0 Å². The number of nitrogens with one attached hydrogen (secondary N) is 1. The first kappa shape index (κ1) is 32.4. The molecule has 41 heavy (non-hydrogen) atoms. The summed E-state index contributed by atoms with van der Waals surface area (Å²) in [4.78, 5) is 0. The number of hydrogen-bond acceptors (Lipinski definition) is 1. The summed E-state index contributed by atoms with van der Waals surface area (Å²) in [5.74, 6) is 2.88. The molecule has 4 saturated carbocycles. The Morgan fingerprint density at radius 3 is 1.59 bits per heavy atom. The van der Waals surface area contributed by atoms with Crippen LogP contribution < -0.4 is 5.32 Å². The van der Waals surface area contributed by atoms with E-state index in [4.69, 9.17) is 10.6 Å². The van der Waals surface area contributed by atoms with Crippen molar-refractivity contribution >= 4 is 11.4 Å².